The van der Waals surface area contributed by atoms with Gasteiger partial charge in [0.05, 0.1) is 0 Å². The Bertz CT molecular complexity index is 456. The van der Waals surface area contributed by atoms with Crippen molar-refractivity contribution < 1.29 is 9.59 Å². The molecule has 0 saturated carbocycles. The maximum Gasteiger partial charge on any atom is 0.261 e. The summed E-state index contributed by atoms with van der Waals surface area (Å²) in [6.45, 7) is 13.1. The third-order valence-electron chi connectivity index (χ3n) is 3.36. The molecule has 6 nitrogen and oxygen atoms in total. The zero-order valence-electron chi connectivity index (χ0n) is 15.8. The SMILES string of the molecule is CN1CCCN(C)C1=C(C(=O)NC(C)(C)C)C(=O)NC(C)(C)C. The van der Waals surface area contributed by atoms with Crippen LogP contribution in [0.4, 0.5) is 0 Å². The highest BCUT2D eigenvalue weighted by Crippen LogP contribution is 2.20. The molecule has 0 radical (unpaired) electrons. The average Bonchev–Trinajstić information content (AvgIpc) is 2.28. The minimum Gasteiger partial charge on any atom is -0.360 e. The molecule has 0 aliphatic carbocycles. The summed E-state index contributed by atoms with van der Waals surface area (Å²) in [6.07, 6.45) is 1.01. The predicted octanol–water partition coefficient (Wildman–Crippen LogP) is 1.29. The summed E-state index contributed by atoms with van der Waals surface area (Å²) in [5.74, 6) is 0.00412. The average molecular weight is 324 g/mol. The molecule has 1 rings (SSSR count). The lowest BCUT2D eigenvalue weighted by molar-refractivity contribution is -0.125. The third kappa shape index (κ3) is 5.77. The zero-order chi connectivity index (χ0) is 18.0. The first kappa shape index (κ1) is 19.3. The van der Waals surface area contributed by atoms with Gasteiger partial charge in [-0.1, -0.05) is 0 Å². The van der Waals surface area contributed by atoms with Crippen LogP contribution >= 0.6 is 0 Å². The molecule has 0 aromatic heterocycles. The van der Waals surface area contributed by atoms with Crippen LogP contribution in [-0.4, -0.2) is 59.9 Å². The standard InChI is InChI=1S/C17H32N4O2/c1-16(2,3)18-13(22)12(14(23)19-17(4,5)6)15-20(7)10-9-11-21(15)8/h9-11H2,1-8H3,(H,18,22)(H,19,23). The van der Waals surface area contributed by atoms with E-state index in [2.05, 4.69) is 10.6 Å². The van der Waals surface area contributed by atoms with Crippen molar-refractivity contribution in [2.45, 2.75) is 59.0 Å². The second-order valence-corrected chi connectivity index (χ2v) is 8.30. The molecule has 2 amide bonds. The van der Waals surface area contributed by atoms with Gasteiger partial charge in [-0.25, -0.2) is 0 Å². The smallest absolute Gasteiger partial charge is 0.261 e. The van der Waals surface area contributed by atoms with Crippen molar-refractivity contribution in [3.8, 4) is 0 Å². The first-order chi connectivity index (χ1) is 10.3. The first-order valence-corrected chi connectivity index (χ1v) is 8.13. The summed E-state index contributed by atoms with van der Waals surface area (Å²) in [5, 5.41) is 5.83. The first-order valence-electron chi connectivity index (χ1n) is 8.13. The summed E-state index contributed by atoms with van der Waals surface area (Å²) in [5.41, 5.74) is -0.632. The summed E-state index contributed by atoms with van der Waals surface area (Å²) in [6, 6.07) is 0. The maximum absolute atomic E-state index is 12.8. The van der Waals surface area contributed by atoms with E-state index in [4.69, 9.17) is 0 Å². The zero-order valence-corrected chi connectivity index (χ0v) is 15.8. The van der Waals surface area contributed by atoms with Crippen LogP contribution in [0.3, 0.4) is 0 Å². The number of amides is 2. The Kier molecular flexibility index (Phi) is 5.72. The van der Waals surface area contributed by atoms with Crippen molar-refractivity contribution in [2.24, 2.45) is 0 Å². The van der Waals surface area contributed by atoms with E-state index in [1.165, 1.54) is 0 Å². The highest BCUT2D eigenvalue weighted by atomic mass is 16.2. The van der Waals surface area contributed by atoms with Crippen molar-refractivity contribution in [3.05, 3.63) is 11.4 Å². The third-order valence-corrected chi connectivity index (χ3v) is 3.36. The van der Waals surface area contributed by atoms with Crippen LogP contribution < -0.4 is 10.6 Å². The second-order valence-electron chi connectivity index (χ2n) is 8.30. The number of carbonyl (C=O) groups excluding carboxylic acids is 2. The van der Waals surface area contributed by atoms with Gasteiger partial charge in [-0.3, -0.25) is 9.59 Å². The Hall–Kier alpha value is -1.72. The normalized spacial score (nSPS) is 16.3. The predicted molar refractivity (Wildman–Crippen MR) is 92.7 cm³/mol. The van der Waals surface area contributed by atoms with Gasteiger partial charge in [0.1, 0.15) is 11.4 Å². The minimum absolute atomic E-state index is 0.180. The molecule has 1 aliphatic rings. The van der Waals surface area contributed by atoms with E-state index in [0.29, 0.717) is 5.82 Å². The van der Waals surface area contributed by atoms with E-state index in [-0.39, 0.29) is 17.4 Å². The van der Waals surface area contributed by atoms with E-state index in [0.717, 1.165) is 19.5 Å². The molecule has 2 N–H and O–H groups in total. The fraction of sp³-hybridized carbons (Fsp3) is 0.765. The fourth-order valence-corrected chi connectivity index (χ4v) is 2.54. The van der Waals surface area contributed by atoms with Crippen molar-refractivity contribution >= 4 is 11.8 Å². The number of carbonyl (C=O) groups is 2. The van der Waals surface area contributed by atoms with Crippen LogP contribution in [0.15, 0.2) is 11.4 Å². The van der Waals surface area contributed by atoms with Crippen molar-refractivity contribution in [1.29, 1.82) is 0 Å². The Morgan fingerprint density at radius 3 is 1.48 bits per heavy atom. The molecule has 0 unspecified atom stereocenters. The molecular weight excluding hydrogens is 292 g/mol. The maximum atomic E-state index is 12.8. The lowest BCUT2D eigenvalue weighted by atomic mass is 10.0. The van der Waals surface area contributed by atoms with Crippen LogP contribution in [0.2, 0.25) is 0 Å². The number of hydrogen-bond acceptors (Lipinski definition) is 4. The highest BCUT2D eigenvalue weighted by molar-refractivity contribution is 6.19. The lowest BCUT2D eigenvalue weighted by Gasteiger charge is -2.38. The Morgan fingerprint density at radius 1 is 0.826 bits per heavy atom. The summed E-state index contributed by atoms with van der Waals surface area (Å²) >= 11 is 0. The molecule has 23 heavy (non-hydrogen) atoms. The van der Waals surface area contributed by atoms with Gasteiger partial charge in [0, 0.05) is 38.3 Å². The van der Waals surface area contributed by atoms with Gasteiger partial charge in [-0.2, -0.15) is 0 Å². The number of nitrogens with zero attached hydrogens (tertiary/aromatic N) is 2. The molecule has 1 heterocycles. The Labute approximate surface area is 140 Å². The van der Waals surface area contributed by atoms with E-state index in [1.807, 2.05) is 65.4 Å². The fourth-order valence-electron chi connectivity index (χ4n) is 2.54. The number of rotatable bonds is 2. The van der Waals surface area contributed by atoms with E-state index < -0.39 is 11.1 Å². The quantitative estimate of drug-likeness (QED) is 0.456. The largest absolute Gasteiger partial charge is 0.360 e. The van der Waals surface area contributed by atoms with Crippen molar-refractivity contribution in [3.63, 3.8) is 0 Å². The Morgan fingerprint density at radius 2 is 1.17 bits per heavy atom. The van der Waals surface area contributed by atoms with E-state index >= 15 is 0 Å². The van der Waals surface area contributed by atoms with E-state index in [1.54, 1.807) is 0 Å². The monoisotopic (exact) mass is 324 g/mol. The van der Waals surface area contributed by atoms with Gasteiger partial charge in [-0.05, 0) is 48.0 Å². The van der Waals surface area contributed by atoms with Crippen LogP contribution in [0.25, 0.3) is 0 Å². The minimum atomic E-state index is -0.406. The molecule has 6 heteroatoms. The molecule has 1 aliphatic heterocycles. The van der Waals surface area contributed by atoms with Gasteiger partial charge in [0.25, 0.3) is 11.8 Å². The molecule has 0 bridgehead atoms. The summed E-state index contributed by atoms with van der Waals surface area (Å²) in [7, 11) is 3.83. The Balaban J connectivity index is 3.30. The van der Waals surface area contributed by atoms with Gasteiger partial charge in [0.2, 0.25) is 0 Å². The molecule has 132 valence electrons. The van der Waals surface area contributed by atoms with Gasteiger partial charge in [0.15, 0.2) is 0 Å². The topological polar surface area (TPSA) is 64.7 Å². The van der Waals surface area contributed by atoms with E-state index in [9.17, 15) is 9.59 Å². The molecule has 0 aromatic rings. The second kappa shape index (κ2) is 6.81. The molecule has 0 atom stereocenters. The summed E-state index contributed by atoms with van der Waals surface area (Å²) in [4.78, 5) is 29.5. The van der Waals surface area contributed by atoms with Gasteiger partial charge < -0.3 is 20.4 Å². The lowest BCUT2D eigenvalue weighted by Crippen LogP contribution is -2.51. The van der Waals surface area contributed by atoms with Gasteiger partial charge >= 0.3 is 0 Å². The van der Waals surface area contributed by atoms with Crippen LogP contribution in [0, 0.1) is 0 Å². The van der Waals surface area contributed by atoms with Crippen molar-refractivity contribution in [1.82, 2.24) is 20.4 Å². The molecule has 0 aromatic carbocycles. The molecule has 0 spiro atoms. The van der Waals surface area contributed by atoms with Crippen LogP contribution in [0.1, 0.15) is 48.0 Å². The summed E-state index contributed by atoms with van der Waals surface area (Å²) < 4.78 is 0. The molecule has 1 fully saturated rings. The number of hydrogen-bond donors (Lipinski definition) is 2. The molecular formula is C17H32N4O2. The van der Waals surface area contributed by atoms with Crippen LogP contribution in [-0.2, 0) is 9.59 Å². The number of nitrogens with one attached hydrogen (secondary N) is 2. The molecule has 1 saturated heterocycles. The van der Waals surface area contributed by atoms with Gasteiger partial charge in [-0.15, -0.1) is 0 Å². The van der Waals surface area contributed by atoms with Crippen molar-refractivity contribution in [2.75, 3.05) is 27.2 Å². The highest BCUT2D eigenvalue weighted by Gasteiger charge is 2.32. The van der Waals surface area contributed by atoms with Crippen LogP contribution in [0.5, 0.6) is 0 Å².